The lowest BCUT2D eigenvalue weighted by Crippen LogP contribution is -2.35. The molecule has 2 aromatic rings. The number of benzene rings is 1. The van der Waals surface area contributed by atoms with Crippen molar-refractivity contribution < 1.29 is 13.8 Å². The Labute approximate surface area is 142 Å². The average molecular weight is 355 g/mol. The first-order valence-corrected chi connectivity index (χ1v) is 7.51. The molecule has 128 valence electrons. The molecule has 4 N–H and O–H groups in total. The number of carbonyl (C=O) groups is 1. The number of halogens is 2. The van der Waals surface area contributed by atoms with Crippen molar-refractivity contribution in [3.8, 4) is 0 Å². The van der Waals surface area contributed by atoms with Crippen molar-refractivity contribution in [3.63, 3.8) is 0 Å². The number of nitrogens with two attached hydrogens (primary N) is 1. The number of amides is 2. The van der Waals surface area contributed by atoms with Gasteiger partial charge in [-0.3, -0.25) is 0 Å². The zero-order valence-electron chi connectivity index (χ0n) is 12.8. The Morgan fingerprint density at radius 3 is 2.92 bits per heavy atom. The summed E-state index contributed by atoms with van der Waals surface area (Å²) < 4.78 is 17.8. The van der Waals surface area contributed by atoms with E-state index in [1.165, 1.54) is 18.2 Å². The van der Waals surface area contributed by atoms with E-state index in [0.717, 1.165) is 6.42 Å². The molecular formula is C14H16ClFN6O2. The summed E-state index contributed by atoms with van der Waals surface area (Å²) in [6.07, 6.45) is 0.823. The molecule has 0 aliphatic heterocycles. The first kappa shape index (κ1) is 17.7. The summed E-state index contributed by atoms with van der Waals surface area (Å²) in [5.41, 5.74) is 6.72. The predicted molar refractivity (Wildman–Crippen MR) is 86.6 cm³/mol. The van der Waals surface area contributed by atoms with Gasteiger partial charge >= 0.3 is 6.03 Å². The summed E-state index contributed by atoms with van der Waals surface area (Å²) in [5.74, 6) is -0.551. The monoisotopic (exact) mass is 354 g/mol. The molecule has 0 spiro atoms. The molecule has 0 saturated carbocycles. The number of carbonyl (C=O) groups excluding carboxylic acids is 1. The Morgan fingerprint density at radius 1 is 1.42 bits per heavy atom. The number of aromatic nitrogens is 2. The predicted octanol–water partition coefficient (Wildman–Crippen LogP) is 2.11. The summed E-state index contributed by atoms with van der Waals surface area (Å²) >= 11 is 5.69. The summed E-state index contributed by atoms with van der Waals surface area (Å²) in [5, 5.41) is 12.5. The van der Waals surface area contributed by atoms with E-state index in [2.05, 4.69) is 30.6 Å². The number of amidine groups is 1. The Hall–Kier alpha value is -2.68. The van der Waals surface area contributed by atoms with Crippen molar-refractivity contribution in [1.29, 1.82) is 0 Å². The van der Waals surface area contributed by atoms with Crippen LogP contribution in [0.15, 0.2) is 27.8 Å². The molecule has 0 bridgehead atoms. The van der Waals surface area contributed by atoms with Crippen LogP contribution in [-0.2, 0) is 6.54 Å². The molecule has 1 aromatic heterocycles. The highest BCUT2D eigenvalue weighted by atomic mass is 35.5. The van der Waals surface area contributed by atoms with Crippen molar-refractivity contribution in [1.82, 2.24) is 20.9 Å². The number of urea groups is 1. The van der Waals surface area contributed by atoms with E-state index < -0.39 is 5.82 Å². The van der Waals surface area contributed by atoms with E-state index in [0.29, 0.717) is 17.9 Å². The minimum atomic E-state index is -0.555. The van der Waals surface area contributed by atoms with Crippen LogP contribution >= 0.6 is 11.6 Å². The van der Waals surface area contributed by atoms with Crippen LogP contribution < -0.4 is 16.4 Å². The van der Waals surface area contributed by atoms with E-state index in [-0.39, 0.29) is 29.1 Å². The molecule has 2 amide bonds. The lowest BCUT2D eigenvalue weighted by molar-refractivity contribution is 0.240. The highest BCUT2D eigenvalue weighted by Gasteiger charge is 2.15. The van der Waals surface area contributed by atoms with Gasteiger partial charge in [0.05, 0.1) is 17.3 Å². The van der Waals surface area contributed by atoms with Gasteiger partial charge in [-0.05, 0) is 29.8 Å². The van der Waals surface area contributed by atoms with E-state index in [1.54, 1.807) is 0 Å². The maximum absolute atomic E-state index is 13.1. The van der Waals surface area contributed by atoms with Gasteiger partial charge in [0.25, 0.3) is 0 Å². The molecule has 10 heteroatoms. The fourth-order valence-electron chi connectivity index (χ4n) is 1.73. The van der Waals surface area contributed by atoms with Crippen LogP contribution in [0.2, 0.25) is 5.02 Å². The number of rotatable bonds is 6. The average Bonchev–Trinajstić information content (AvgIpc) is 3.03. The minimum absolute atomic E-state index is 0.00434. The molecule has 1 heterocycles. The SMILES string of the molecule is CCCNC(=O)NCc1nonc1C(N)=Nc1ccc(F)c(Cl)c1. The highest BCUT2D eigenvalue weighted by molar-refractivity contribution is 6.31. The van der Waals surface area contributed by atoms with Crippen LogP contribution in [-0.4, -0.2) is 28.7 Å². The van der Waals surface area contributed by atoms with E-state index in [4.69, 9.17) is 17.3 Å². The fourth-order valence-corrected chi connectivity index (χ4v) is 1.90. The third-order valence-electron chi connectivity index (χ3n) is 2.90. The van der Waals surface area contributed by atoms with Crippen LogP contribution in [0.1, 0.15) is 24.7 Å². The molecule has 0 saturated heterocycles. The lowest BCUT2D eigenvalue weighted by atomic mass is 10.3. The summed E-state index contributed by atoms with van der Waals surface area (Å²) in [6.45, 7) is 2.57. The van der Waals surface area contributed by atoms with E-state index >= 15 is 0 Å². The van der Waals surface area contributed by atoms with Gasteiger partial charge in [-0.25, -0.2) is 18.8 Å². The van der Waals surface area contributed by atoms with Crippen LogP contribution in [0.3, 0.4) is 0 Å². The van der Waals surface area contributed by atoms with Crippen LogP contribution in [0, 0.1) is 5.82 Å². The maximum atomic E-state index is 13.1. The van der Waals surface area contributed by atoms with Gasteiger partial charge in [0.2, 0.25) is 0 Å². The quantitative estimate of drug-likeness (QED) is 0.542. The standard InChI is InChI=1S/C14H16ClFN6O2/c1-2-5-18-14(23)19-7-11-12(22-24-21-11)13(17)20-8-3-4-10(16)9(15)6-8/h3-4,6H,2,5,7H2,1H3,(H2,17,20)(H2,18,19,23). The number of aliphatic imine (C=N–C) groups is 1. The summed E-state index contributed by atoms with van der Waals surface area (Å²) in [4.78, 5) is 15.6. The number of hydrogen-bond acceptors (Lipinski definition) is 5. The van der Waals surface area contributed by atoms with Crippen molar-refractivity contribution in [2.45, 2.75) is 19.9 Å². The Morgan fingerprint density at radius 2 is 2.21 bits per heavy atom. The smallest absolute Gasteiger partial charge is 0.315 e. The molecule has 24 heavy (non-hydrogen) atoms. The zero-order chi connectivity index (χ0) is 17.5. The van der Waals surface area contributed by atoms with Gasteiger partial charge in [-0.2, -0.15) is 0 Å². The Balaban J connectivity index is 2.09. The third-order valence-corrected chi connectivity index (χ3v) is 3.19. The van der Waals surface area contributed by atoms with Gasteiger partial charge in [0.15, 0.2) is 11.5 Å². The van der Waals surface area contributed by atoms with Crippen LogP contribution in [0.5, 0.6) is 0 Å². The van der Waals surface area contributed by atoms with Gasteiger partial charge in [-0.1, -0.05) is 23.7 Å². The van der Waals surface area contributed by atoms with Crippen molar-refractivity contribution in [3.05, 3.63) is 40.4 Å². The molecule has 0 unspecified atom stereocenters. The normalized spacial score (nSPS) is 11.4. The topological polar surface area (TPSA) is 118 Å². The number of nitrogens with zero attached hydrogens (tertiary/aromatic N) is 3. The molecule has 2 rings (SSSR count). The summed E-state index contributed by atoms with van der Waals surface area (Å²) in [7, 11) is 0. The minimum Gasteiger partial charge on any atom is -0.382 e. The maximum Gasteiger partial charge on any atom is 0.315 e. The molecule has 8 nitrogen and oxygen atoms in total. The number of hydrogen-bond donors (Lipinski definition) is 3. The Kier molecular flexibility index (Phi) is 6.07. The molecule has 0 atom stereocenters. The first-order valence-electron chi connectivity index (χ1n) is 7.14. The highest BCUT2D eigenvalue weighted by Crippen LogP contribution is 2.22. The number of nitrogens with one attached hydrogen (secondary N) is 2. The largest absolute Gasteiger partial charge is 0.382 e. The second-order valence-corrected chi connectivity index (χ2v) is 5.17. The molecular weight excluding hydrogens is 339 g/mol. The van der Waals surface area contributed by atoms with Gasteiger partial charge in [0.1, 0.15) is 11.5 Å². The van der Waals surface area contributed by atoms with Gasteiger partial charge in [-0.15, -0.1) is 0 Å². The van der Waals surface area contributed by atoms with Crippen molar-refractivity contribution in [2.24, 2.45) is 10.7 Å². The zero-order valence-corrected chi connectivity index (χ0v) is 13.6. The lowest BCUT2D eigenvalue weighted by Gasteiger charge is -2.05. The second-order valence-electron chi connectivity index (χ2n) is 4.76. The second kappa shape index (κ2) is 8.25. The van der Waals surface area contributed by atoms with Crippen molar-refractivity contribution in [2.75, 3.05) is 6.54 Å². The molecule has 0 aliphatic rings. The van der Waals surface area contributed by atoms with Gasteiger partial charge < -0.3 is 16.4 Å². The van der Waals surface area contributed by atoms with E-state index in [9.17, 15) is 9.18 Å². The van der Waals surface area contributed by atoms with Gasteiger partial charge in [0, 0.05) is 6.54 Å². The molecule has 1 aromatic carbocycles. The third kappa shape index (κ3) is 4.66. The molecule has 0 radical (unpaired) electrons. The van der Waals surface area contributed by atoms with E-state index in [1.807, 2.05) is 6.92 Å². The Bertz CT molecular complexity index is 749. The summed E-state index contributed by atoms with van der Waals surface area (Å²) in [6, 6.07) is 3.58. The first-order chi connectivity index (χ1) is 11.5. The molecule has 0 fully saturated rings. The van der Waals surface area contributed by atoms with Crippen LogP contribution in [0.4, 0.5) is 14.9 Å². The fraction of sp³-hybridized carbons (Fsp3) is 0.286. The molecule has 0 aliphatic carbocycles. The van der Waals surface area contributed by atoms with Crippen molar-refractivity contribution >= 4 is 29.2 Å². The van der Waals surface area contributed by atoms with Crippen LogP contribution in [0.25, 0.3) is 0 Å².